The van der Waals surface area contributed by atoms with Crippen molar-refractivity contribution in [3.63, 3.8) is 0 Å². The first-order chi connectivity index (χ1) is 14.0. The van der Waals surface area contributed by atoms with Crippen LogP contribution in [0.3, 0.4) is 0 Å². The summed E-state index contributed by atoms with van der Waals surface area (Å²) < 4.78 is 6.52. The molecule has 0 radical (unpaired) electrons. The number of aryl methyl sites for hydroxylation is 1. The Bertz CT molecular complexity index is 989. The highest BCUT2D eigenvalue weighted by Crippen LogP contribution is 2.16. The van der Waals surface area contributed by atoms with Crippen LogP contribution in [0.5, 0.6) is 5.75 Å². The average molecular weight is 474 g/mol. The molecule has 0 unspecified atom stereocenters. The van der Waals surface area contributed by atoms with Gasteiger partial charge in [-0.05, 0) is 37.3 Å². The molecule has 0 saturated heterocycles. The molecule has 2 aromatic carbocycles. The van der Waals surface area contributed by atoms with Gasteiger partial charge in [-0.2, -0.15) is 0 Å². The SMILES string of the molecule is Cc1ccc(OCc2nc(C(=O)NCCNC(=O)c3cccc(Br)c3)cs2)cc1. The second-order valence-corrected chi connectivity index (χ2v) is 8.11. The van der Waals surface area contributed by atoms with Crippen LogP contribution < -0.4 is 15.4 Å². The lowest BCUT2D eigenvalue weighted by Gasteiger charge is -2.06. The number of hydrogen-bond donors (Lipinski definition) is 2. The van der Waals surface area contributed by atoms with Gasteiger partial charge in [0.2, 0.25) is 0 Å². The van der Waals surface area contributed by atoms with Crippen LogP contribution in [0.4, 0.5) is 0 Å². The van der Waals surface area contributed by atoms with E-state index in [1.807, 2.05) is 37.3 Å². The average Bonchev–Trinajstić information content (AvgIpc) is 3.20. The van der Waals surface area contributed by atoms with Gasteiger partial charge in [-0.3, -0.25) is 9.59 Å². The van der Waals surface area contributed by atoms with Crippen LogP contribution >= 0.6 is 27.3 Å². The standard InChI is InChI=1S/C21H20BrN3O3S/c1-14-5-7-17(8-6-14)28-12-19-25-18(13-29-19)21(27)24-10-9-23-20(26)15-3-2-4-16(22)11-15/h2-8,11,13H,9-10,12H2,1H3,(H,23,26)(H,24,27). The molecule has 0 aliphatic heterocycles. The predicted molar refractivity (Wildman–Crippen MR) is 116 cm³/mol. The van der Waals surface area contributed by atoms with Gasteiger partial charge in [0.05, 0.1) is 0 Å². The molecule has 1 heterocycles. The molecule has 0 saturated carbocycles. The second kappa shape index (κ2) is 10.2. The van der Waals surface area contributed by atoms with Gasteiger partial charge in [0.15, 0.2) is 0 Å². The molecule has 3 rings (SSSR count). The van der Waals surface area contributed by atoms with E-state index in [0.29, 0.717) is 31.0 Å². The van der Waals surface area contributed by atoms with Crippen LogP contribution in [0.25, 0.3) is 0 Å². The fourth-order valence-corrected chi connectivity index (χ4v) is 3.52. The summed E-state index contributed by atoms with van der Waals surface area (Å²) in [6.45, 7) is 2.96. The molecule has 0 aliphatic rings. The van der Waals surface area contributed by atoms with Gasteiger partial charge >= 0.3 is 0 Å². The first-order valence-corrected chi connectivity index (χ1v) is 10.6. The summed E-state index contributed by atoms with van der Waals surface area (Å²) in [4.78, 5) is 28.6. The van der Waals surface area contributed by atoms with E-state index in [1.54, 1.807) is 23.6 Å². The number of nitrogens with one attached hydrogen (secondary N) is 2. The monoisotopic (exact) mass is 473 g/mol. The molecule has 2 N–H and O–H groups in total. The Morgan fingerprint density at radius 1 is 1.07 bits per heavy atom. The minimum atomic E-state index is -0.278. The number of carbonyl (C=O) groups is 2. The van der Waals surface area contributed by atoms with Gasteiger partial charge < -0.3 is 15.4 Å². The van der Waals surface area contributed by atoms with E-state index < -0.39 is 0 Å². The fourth-order valence-electron chi connectivity index (χ4n) is 2.44. The molecule has 6 nitrogen and oxygen atoms in total. The van der Waals surface area contributed by atoms with Gasteiger partial charge in [-0.25, -0.2) is 4.98 Å². The molecule has 3 aromatic rings. The van der Waals surface area contributed by atoms with Crippen molar-refractivity contribution in [1.82, 2.24) is 15.6 Å². The molecular weight excluding hydrogens is 454 g/mol. The van der Waals surface area contributed by atoms with Crippen LogP contribution in [-0.4, -0.2) is 29.9 Å². The number of nitrogens with zero attached hydrogens (tertiary/aromatic N) is 1. The van der Waals surface area contributed by atoms with Crippen molar-refractivity contribution in [2.45, 2.75) is 13.5 Å². The lowest BCUT2D eigenvalue weighted by Crippen LogP contribution is -2.34. The summed E-state index contributed by atoms with van der Waals surface area (Å²) in [6, 6.07) is 14.9. The first kappa shape index (κ1) is 21.0. The van der Waals surface area contributed by atoms with Crippen LogP contribution in [0.15, 0.2) is 58.4 Å². The minimum Gasteiger partial charge on any atom is -0.486 e. The Labute approximate surface area is 181 Å². The van der Waals surface area contributed by atoms with Gasteiger partial charge in [0, 0.05) is 28.5 Å². The molecule has 2 amide bonds. The summed E-state index contributed by atoms with van der Waals surface area (Å²) in [5, 5.41) is 7.94. The van der Waals surface area contributed by atoms with Crippen molar-refractivity contribution >= 4 is 39.1 Å². The first-order valence-electron chi connectivity index (χ1n) is 8.97. The molecule has 0 fully saturated rings. The molecule has 29 heavy (non-hydrogen) atoms. The zero-order valence-corrected chi connectivity index (χ0v) is 18.2. The molecule has 8 heteroatoms. The lowest BCUT2D eigenvalue weighted by molar-refractivity contribution is 0.0925. The maximum atomic E-state index is 12.2. The number of carbonyl (C=O) groups excluding carboxylic acids is 2. The third-order valence-corrected chi connectivity index (χ3v) is 5.27. The van der Waals surface area contributed by atoms with Crippen LogP contribution in [0.2, 0.25) is 0 Å². The minimum absolute atomic E-state index is 0.190. The third kappa shape index (κ3) is 6.40. The number of rotatable bonds is 8. The molecule has 150 valence electrons. The van der Waals surface area contributed by atoms with Gasteiger partial charge in [0.1, 0.15) is 23.1 Å². The van der Waals surface area contributed by atoms with Crippen molar-refractivity contribution < 1.29 is 14.3 Å². The van der Waals surface area contributed by atoms with E-state index in [-0.39, 0.29) is 11.8 Å². The highest BCUT2D eigenvalue weighted by atomic mass is 79.9. The number of benzene rings is 2. The largest absolute Gasteiger partial charge is 0.486 e. The summed E-state index contributed by atoms with van der Waals surface area (Å²) in [5.41, 5.74) is 2.07. The quantitative estimate of drug-likeness (QED) is 0.485. The van der Waals surface area contributed by atoms with E-state index in [0.717, 1.165) is 15.2 Å². The van der Waals surface area contributed by atoms with Gasteiger partial charge in [-0.15, -0.1) is 11.3 Å². The number of hydrogen-bond acceptors (Lipinski definition) is 5. The summed E-state index contributed by atoms with van der Waals surface area (Å²) >= 11 is 4.71. The van der Waals surface area contributed by atoms with Crippen LogP contribution in [0.1, 0.15) is 31.4 Å². The highest BCUT2D eigenvalue weighted by Gasteiger charge is 2.11. The molecule has 0 spiro atoms. The van der Waals surface area contributed by atoms with Crippen molar-refractivity contribution in [1.29, 1.82) is 0 Å². The highest BCUT2D eigenvalue weighted by molar-refractivity contribution is 9.10. The van der Waals surface area contributed by atoms with Crippen molar-refractivity contribution in [2.24, 2.45) is 0 Å². The number of aromatic nitrogens is 1. The van der Waals surface area contributed by atoms with E-state index in [4.69, 9.17) is 4.74 Å². The molecular formula is C21H20BrN3O3S. The maximum Gasteiger partial charge on any atom is 0.270 e. The van der Waals surface area contributed by atoms with Crippen molar-refractivity contribution in [2.75, 3.05) is 13.1 Å². The second-order valence-electron chi connectivity index (χ2n) is 6.25. The Morgan fingerprint density at radius 2 is 1.79 bits per heavy atom. The summed E-state index contributed by atoms with van der Waals surface area (Å²) in [5.74, 6) is 0.294. The summed E-state index contributed by atoms with van der Waals surface area (Å²) in [6.07, 6.45) is 0. The zero-order chi connectivity index (χ0) is 20.6. The Kier molecular flexibility index (Phi) is 7.37. The Balaban J connectivity index is 1.40. The third-order valence-electron chi connectivity index (χ3n) is 3.95. The van der Waals surface area contributed by atoms with E-state index in [2.05, 4.69) is 31.5 Å². The van der Waals surface area contributed by atoms with Crippen LogP contribution in [0, 0.1) is 6.92 Å². The number of amides is 2. The fraction of sp³-hybridized carbons (Fsp3) is 0.190. The lowest BCUT2D eigenvalue weighted by atomic mass is 10.2. The number of thiazole rings is 1. The predicted octanol–water partition coefficient (Wildman–Crippen LogP) is 3.95. The molecule has 0 aliphatic carbocycles. The topological polar surface area (TPSA) is 80.3 Å². The van der Waals surface area contributed by atoms with E-state index in [9.17, 15) is 9.59 Å². The van der Waals surface area contributed by atoms with Gasteiger partial charge in [-0.1, -0.05) is 39.7 Å². The maximum absolute atomic E-state index is 12.2. The summed E-state index contributed by atoms with van der Waals surface area (Å²) in [7, 11) is 0. The zero-order valence-electron chi connectivity index (χ0n) is 15.8. The smallest absolute Gasteiger partial charge is 0.270 e. The number of halogens is 1. The van der Waals surface area contributed by atoms with Gasteiger partial charge in [0.25, 0.3) is 11.8 Å². The number of ether oxygens (including phenoxy) is 1. The van der Waals surface area contributed by atoms with Crippen molar-refractivity contribution in [3.05, 3.63) is 80.2 Å². The Morgan fingerprint density at radius 3 is 2.52 bits per heavy atom. The van der Waals surface area contributed by atoms with Crippen LogP contribution in [-0.2, 0) is 6.61 Å². The molecule has 0 bridgehead atoms. The molecule has 0 atom stereocenters. The normalized spacial score (nSPS) is 10.4. The van der Waals surface area contributed by atoms with E-state index in [1.165, 1.54) is 16.9 Å². The van der Waals surface area contributed by atoms with Crippen molar-refractivity contribution in [3.8, 4) is 5.75 Å². The molecule has 1 aromatic heterocycles. The Hall–Kier alpha value is -2.71. The van der Waals surface area contributed by atoms with E-state index >= 15 is 0 Å².